The number of aliphatic hydroxyl groups is 1. The minimum atomic E-state index is -0.604. The van der Waals surface area contributed by atoms with Crippen molar-refractivity contribution in [2.24, 2.45) is 0 Å². The molecule has 0 amide bonds. The zero-order valence-electron chi connectivity index (χ0n) is 8.81. The molecule has 2 atom stereocenters. The standard InChI is InChI=1S/C11H15NO3/c1-6-10-7(9(14)5-12(6)2)3-4-8(13)11(10)15/h3-4,6,9,13-15H,5H2,1-2H3/t6-,9-/m0/s1. The maximum absolute atomic E-state index is 9.83. The summed E-state index contributed by atoms with van der Waals surface area (Å²) in [5, 5.41) is 29.0. The zero-order chi connectivity index (χ0) is 11.2. The second kappa shape index (κ2) is 3.40. The first-order chi connectivity index (χ1) is 7.02. The Bertz CT molecular complexity index is 392. The molecule has 0 saturated carbocycles. The molecule has 0 fully saturated rings. The van der Waals surface area contributed by atoms with Gasteiger partial charge in [0.25, 0.3) is 0 Å². The predicted molar refractivity (Wildman–Crippen MR) is 55.8 cm³/mol. The van der Waals surface area contributed by atoms with Crippen molar-refractivity contribution in [2.75, 3.05) is 13.6 Å². The van der Waals surface area contributed by atoms with E-state index in [9.17, 15) is 15.3 Å². The van der Waals surface area contributed by atoms with Crippen LogP contribution >= 0.6 is 0 Å². The normalized spacial score (nSPS) is 26.3. The van der Waals surface area contributed by atoms with Crippen LogP contribution in [0.2, 0.25) is 0 Å². The Kier molecular flexibility index (Phi) is 2.32. The quantitative estimate of drug-likeness (QED) is 0.561. The van der Waals surface area contributed by atoms with E-state index in [4.69, 9.17) is 0 Å². The second-order valence-electron chi connectivity index (χ2n) is 4.07. The number of benzene rings is 1. The van der Waals surface area contributed by atoms with Crippen molar-refractivity contribution in [1.82, 2.24) is 4.90 Å². The monoisotopic (exact) mass is 209 g/mol. The average molecular weight is 209 g/mol. The van der Waals surface area contributed by atoms with Gasteiger partial charge in [-0.25, -0.2) is 0 Å². The molecule has 1 aromatic rings. The molecule has 82 valence electrons. The number of phenols is 2. The number of β-amino-alcohol motifs (C(OH)–C–C–N with tert-alkyl or cyclic N) is 1. The molecule has 0 aromatic heterocycles. The molecule has 0 radical (unpaired) electrons. The fraction of sp³-hybridized carbons (Fsp3) is 0.455. The van der Waals surface area contributed by atoms with Crippen molar-refractivity contribution in [3.8, 4) is 11.5 Å². The van der Waals surface area contributed by atoms with Crippen LogP contribution in [0.1, 0.15) is 30.2 Å². The Hall–Kier alpha value is -1.26. The van der Waals surface area contributed by atoms with Gasteiger partial charge in [0, 0.05) is 18.2 Å². The molecular weight excluding hydrogens is 194 g/mol. The maximum atomic E-state index is 9.83. The molecule has 2 rings (SSSR count). The number of nitrogens with zero attached hydrogens (tertiary/aromatic N) is 1. The lowest BCUT2D eigenvalue weighted by Crippen LogP contribution is -2.33. The van der Waals surface area contributed by atoms with Crippen LogP contribution in [0.3, 0.4) is 0 Å². The number of fused-ring (bicyclic) bond motifs is 1. The fourth-order valence-electron chi connectivity index (χ4n) is 2.09. The van der Waals surface area contributed by atoms with Gasteiger partial charge in [0.05, 0.1) is 6.10 Å². The van der Waals surface area contributed by atoms with Crippen LogP contribution < -0.4 is 0 Å². The van der Waals surface area contributed by atoms with Crippen LogP contribution in [0.25, 0.3) is 0 Å². The van der Waals surface area contributed by atoms with Gasteiger partial charge in [0.2, 0.25) is 0 Å². The fourth-order valence-corrected chi connectivity index (χ4v) is 2.09. The van der Waals surface area contributed by atoms with Crippen LogP contribution in [-0.2, 0) is 0 Å². The summed E-state index contributed by atoms with van der Waals surface area (Å²) in [5.41, 5.74) is 1.33. The Morgan fingerprint density at radius 2 is 2.00 bits per heavy atom. The van der Waals surface area contributed by atoms with Crippen LogP contribution in [-0.4, -0.2) is 33.8 Å². The number of hydrogen-bond acceptors (Lipinski definition) is 4. The summed E-state index contributed by atoms with van der Waals surface area (Å²) in [6.45, 7) is 2.47. The van der Waals surface area contributed by atoms with Crippen molar-refractivity contribution in [2.45, 2.75) is 19.1 Å². The maximum Gasteiger partial charge on any atom is 0.162 e. The molecule has 0 unspecified atom stereocenters. The molecule has 0 spiro atoms. The molecule has 1 heterocycles. The summed E-state index contributed by atoms with van der Waals surface area (Å²) in [6, 6.07) is 3.07. The first-order valence-corrected chi connectivity index (χ1v) is 4.95. The number of hydrogen-bond donors (Lipinski definition) is 3. The molecule has 4 heteroatoms. The van der Waals surface area contributed by atoms with E-state index in [-0.39, 0.29) is 17.5 Å². The Labute approximate surface area is 88.4 Å². The molecule has 1 aromatic carbocycles. The van der Waals surface area contributed by atoms with Gasteiger partial charge in [0.15, 0.2) is 11.5 Å². The van der Waals surface area contributed by atoms with Crippen molar-refractivity contribution in [3.05, 3.63) is 23.3 Å². The third kappa shape index (κ3) is 1.46. The highest BCUT2D eigenvalue weighted by atomic mass is 16.3. The van der Waals surface area contributed by atoms with E-state index in [1.54, 1.807) is 6.07 Å². The molecule has 1 aliphatic heterocycles. The highest BCUT2D eigenvalue weighted by Gasteiger charge is 2.30. The first kappa shape index (κ1) is 10.3. The van der Waals surface area contributed by atoms with Crippen LogP contribution in [0.5, 0.6) is 11.5 Å². The molecular formula is C11H15NO3. The largest absolute Gasteiger partial charge is 0.504 e. The van der Waals surface area contributed by atoms with Gasteiger partial charge in [-0.2, -0.15) is 0 Å². The third-order valence-electron chi connectivity index (χ3n) is 3.13. The summed E-state index contributed by atoms with van der Waals surface area (Å²) in [4.78, 5) is 1.94. The summed E-state index contributed by atoms with van der Waals surface area (Å²) in [7, 11) is 1.88. The minimum absolute atomic E-state index is 0.00417. The lowest BCUT2D eigenvalue weighted by Gasteiger charge is -2.35. The van der Waals surface area contributed by atoms with Gasteiger partial charge in [-0.05, 0) is 25.6 Å². The number of aliphatic hydroxyl groups excluding tert-OH is 1. The summed E-state index contributed by atoms with van der Waals surface area (Å²) in [5.74, 6) is -0.256. The summed E-state index contributed by atoms with van der Waals surface area (Å²) in [6.07, 6.45) is -0.604. The average Bonchev–Trinajstić information content (AvgIpc) is 2.19. The lowest BCUT2D eigenvalue weighted by atomic mass is 9.91. The Balaban J connectivity index is 2.61. The lowest BCUT2D eigenvalue weighted by molar-refractivity contribution is 0.0872. The predicted octanol–water partition coefficient (Wildman–Crippen LogP) is 1.14. The zero-order valence-corrected chi connectivity index (χ0v) is 8.81. The SMILES string of the molecule is C[C@H]1c2c(ccc(O)c2O)[C@@H](O)CN1C. The van der Waals surface area contributed by atoms with Gasteiger partial charge in [-0.15, -0.1) is 0 Å². The Morgan fingerprint density at radius 1 is 1.33 bits per heavy atom. The minimum Gasteiger partial charge on any atom is -0.504 e. The number of likely N-dealkylation sites (N-methyl/N-ethyl adjacent to an activating group) is 1. The topological polar surface area (TPSA) is 63.9 Å². The molecule has 15 heavy (non-hydrogen) atoms. The summed E-state index contributed by atoms with van der Waals surface area (Å²) >= 11 is 0. The van der Waals surface area contributed by atoms with Gasteiger partial charge in [-0.3, -0.25) is 4.90 Å². The molecule has 4 nitrogen and oxygen atoms in total. The van der Waals surface area contributed by atoms with E-state index in [0.29, 0.717) is 17.7 Å². The van der Waals surface area contributed by atoms with Crippen molar-refractivity contribution in [3.63, 3.8) is 0 Å². The van der Waals surface area contributed by atoms with E-state index in [1.807, 2.05) is 18.9 Å². The molecule has 0 bridgehead atoms. The van der Waals surface area contributed by atoms with Gasteiger partial charge >= 0.3 is 0 Å². The first-order valence-electron chi connectivity index (χ1n) is 4.95. The van der Waals surface area contributed by atoms with Crippen LogP contribution in [0.15, 0.2) is 12.1 Å². The van der Waals surface area contributed by atoms with E-state index >= 15 is 0 Å². The molecule has 3 N–H and O–H groups in total. The summed E-state index contributed by atoms with van der Waals surface area (Å²) < 4.78 is 0. The van der Waals surface area contributed by atoms with Gasteiger partial charge in [-0.1, -0.05) is 6.07 Å². The van der Waals surface area contributed by atoms with Crippen molar-refractivity contribution >= 4 is 0 Å². The van der Waals surface area contributed by atoms with Gasteiger partial charge < -0.3 is 15.3 Å². The number of rotatable bonds is 0. The molecule has 0 aliphatic carbocycles. The van der Waals surface area contributed by atoms with E-state index in [1.165, 1.54) is 6.07 Å². The second-order valence-corrected chi connectivity index (χ2v) is 4.07. The highest BCUT2D eigenvalue weighted by molar-refractivity contribution is 5.52. The van der Waals surface area contributed by atoms with Crippen LogP contribution in [0, 0.1) is 0 Å². The van der Waals surface area contributed by atoms with Crippen molar-refractivity contribution < 1.29 is 15.3 Å². The number of aromatic hydroxyl groups is 2. The Morgan fingerprint density at radius 3 is 2.67 bits per heavy atom. The smallest absolute Gasteiger partial charge is 0.162 e. The van der Waals surface area contributed by atoms with E-state index in [2.05, 4.69) is 0 Å². The van der Waals surface area contributed by atoms with E-state index < -0.39 is 6.10 Å². The third-order valence-corrected chi connectivity index (χ3v) is 3.13. The van der Waals surface area contributed by atoms with E-state index in [0.717, 1.165) is 0 Å². The van der Waals surface area contributed by atoms with Crippen LogP contribution in [0.4, 0.5) is 0 Å². The molecule has 0 saturated heterocycles. The highest BCUT2D eigenvalue weighted by Crippen LogP contribution is 2.42. The molecule has 1 aliphatic rings. The number of phenolic OH excluding ortho intramolecular Hbond substituents is 2. The van der Waals surface area contributed by atoms with Crippen molar-refractivity contribution in [1.29, 1.82) is 0 Å². The van der Waals surface area contributed by atoms with Gasteiger partial charge in [0.1, 0.15) is 0 Å².